The molecule has 0 atom stereocenters. The largest absolute Gasteiger partial charge is 0.494 e. The third kappa shape index (κ3) is 4.69. The third-order valence-electron chi connectivity index (χ3n) is 2.31. The molecule has 19 heavy (non-hydrogen) atoms. The Hall–Kier alpha value is -1.92. The smallest absolute Gasteiger partial charge is 0.416 e. The fraction of sp³-hybridized carbons (Fsp3) is 0.417. The van der Waals surface area contributed by atoms with Crippen molar-refractivity contribution >= 4 is 6.09 Å². The van der Waals surface area contributed by atoms with Crippen LogP contribution in [0.5, 0.6) is 5.75 Å². The van der Waals surface area contributed by atoms with Gasteiger partial charge < -0.3 is 15.2 Å². The summed E-state index contributed by atoms with van der Waals surface area (Å²) in [5.74, 6) is 0.130. The van der Waals surface area contributed by atoms with Crippen molar-refractivity contribution in [2.24, 2.45) is 5.73 Å². The number of hydrogen-bond donors (Lipinski definition) is 1. The molecule has 7 heteroatoms. The maximum absolute atomic E-state index is 12.6. The SMILES string of the molecule is CCOc1cc(C(F)(F)F)ccc1CCOC(N)=O. The number of hydrogen-bond acceptors (Lipinski definition) is 3. The molecule has 0 aromatic heterocycles. The summed E-state index contributed by atoms with van der Waals surface area (Å²) >= 11 is 0. The van der Waals surface area contributed by atoms with Crippen LogP contribution in [0.4, 0.5) is 18.0 Å². The van der Waals surface area contributed by atoms with Gasteiger partial charge in [0, 0.05) is 6.42 Å². The van der Waals surface area contributed by atoms with Gasteiger partial charge in [-0.3, -0.25) is 0 Å². The number of halogens is 3. The minimum Gasteiger partial charge on any atom is -0.494 e. The Balaban J connectivity index is 2.88. The molecule has 0 heterocycles. The van der Waals surface area contributed by atoms with Gasteiger partial charge in [0.1, 0.15) is 5.75 Å². The van der Waals surface area contributed by atoms with Crippen LogP contribution in [0.1, 0.15) is 18.1 Å². The molecule has 0 unspecified atom stereocenters. The van der Waals surface area contributed by atoms with Crippen molar-refractivity contribution < 1.29 is 27.4 Å². The van der Waals surface area contributed by atoms with Crippen molar-refractivity contribution in [1.82, 2.24) is 0 Å². The van der Waals surface area contributed by atoms with Crippen LogP contribution in [0.25, 0.3) is 0 Å². The average molecular weight is 277 g/mol. The zero-order valence-electron chi connectivity index (χ0n) is 10.3. The highest BCUT2D eigenvalue weighted by Gasteiger charge is 2.31. The summed E-state index contributed by atoms with van der Waals surface area (Å²) in [6.07, 6.45) is -5.12. The van der Waals surface area contributed by atoms with E-state index in [1.165, 1.54) is 6.07 Å². The zero-order chi connectivity index (χ0) is 14.5. The van der Waals surface area contributed by atoms with Crippen molar-refractivity contribution in [3.63, 3.8) is 0 Å². The van der Waals surface area contributed by atoms with E-state index in [2.05, 4.69) is 4.74 Å². The molecule has 106 valence electrons. The first-order chi connectivity index (χ1) is 8.84. The normalized spacial score (nSPS) is 11.2. The molecule has 0 spiro atoms. The van der Waals surface area contributed by atoms with Crippen LogP contribution in [-0.2, 0) is 17.3 Å². The molecule has 0 aliphatic heterocycles. The Morgan fingerprint density at radius 1 is 1.37 bits per heavy atom. The minimum absolute atomic E-state index is 0.0131. The number of carbonyl (C=O) groups excluding carboxylic acids is 1. The Morgan fingerprint density at radius 3 is 2.58 bits per heavy atom. The molecule has 0 fully saturated rings. The summed E-state index contributed by atoms with van der Waals surface area (Å²) in [5, 5.41) is 0. The number of alkyl halides is 3. The molecular formula is C12H14F3NO3. The van der Waals surface area contributed by atoms with Crippen LogP contribution in [0.3, 0.4) is 0 Å². The zero-order valence-corrected chi connectivity index (χ0v) is 10.3. The topological polar surface area (TPSA) is 61.6 Å². The molecule has 0 aliphatic carbocycles. The fourth-order valence-electron chi connectivity index (χ4n) is 1.49. The number of primary amides is 1. The Labute approximate surface area is 108 Å². The monoisotopic (exact) mass is 277 g/mol. The Bertz CT molecular complexity index is 446. The summed E-state index contributed by atoms with van der Waals surface area (Å²) < 4.78 is 47.4. The van der Waals surface area contributed by atoms with Crippen LogP contribution in [0.15, 0.2) is 18.2 Å². The van der Waals surface area contributed by atoms with Crippen LogP contribution >= 0.6 is 0 Å². The lowest BCUT2D eigenvalue weighted by molar-refractivity contribution is -0.137. The highest BCUT2D eigenvalue weighted by Crippen LogP contribution is 2.33. The Morgan fingerprint density at radius 2 is 2.05 bits per heavy atom. The average Bonchev–Trinajstić information content (AvgIpc) is 2.29. The predicted octanol–water partition coefficient (Wildman–Crippen LogP) is 2.74. The lowest BCUT2D eigenvalue weighted by Crippen LogP contribution is -2.15. The number of amides is 1. The van der Waals surface area contributed by atoms with Gasteiger partial charge in [0.05, 0.1) is 18.8 Å². The van der Waals surface area contributed by atoms with Gasteiger partial charge in [-0.2, -0.15) is 13.2 Å². The quantitative estimate of drug-likeness (QED) is 0.900. The summed E-state index contributed by atoms with van der Waals surface area (Å²) in [5.41, 5.74) is 4.54. The first kappa shape index (κ1) is 15.1. The van der Waals surface area contributed by atoms with Crippen molar-refractivity contribution in [2.75, 3.05) is 13.2 Å². The molecule has 1 rings (SSSR count). The summed E-state index contributed by atoms with van der Waals surface area (Å²) in [7, 11) is 0. The van der Waals surface area contributed by atoms with Crippen molar-refractivity contribution in [3.05, 3.63) is 29.3 Å². The maximum atomic E-state index is 12.6. The number of nitrogens with two attached hydrogens (primary N) is 1. The summed E-state index contributed by atoms with van der Waals surface area (Å²) in [4.78, 5) is 10.4. The van der Waals surface area contributed by atoms with E-state index in [1.807, 2.05) is 0 Å². The second-order valence-corrected chi connectivity index (χ2v) is 3.67. The van der Waals surface area contributed by atoms with Crippen LogP contribution < -0.4 is 10.5 Å². The summed E-state index contributed by atoms with van der Waals surface area (Å²) in [6.45, 7) is 1.90. The number of carbonyl (C=O) groups is 1. The number of benzene rings is 1. The first-order valence-corrected chi connectivity index (χ1v) is 5.59. The van der Waals surface area contributed by atoms with E-state index in [0.717, 1.165) is 12.1 Å². The van der Waals surface area contributed by atoms with Gasteiger partial charge in [0.2, 0.25) is 0 Å². The second-order valence-electron chi connectivity index (χ2n) is 3.67. The highest BCUT2D eigenvalue weighted by molar-refractivity contribution is 5.64. The molecule has 1 aromatic rings. The molecule has 0 radical (unpaired) electrons. The standard InChI is InChI=1S/C12H14F3NO3/c1-2-18-10-7-9(12(13,14)15)4-3-8(10)5-6-19-11(16)17/h3-4,7H,2,5-6H2,1H3,(H2,16,17). The lowest BCUT2D eigenvalue weighted by atomic mass is 10.1. The number of rotatable bonds is 5. The molecule has 0 bridgehead atoms. The van der Waals surface area contributed by atoms with Gasteiger partial charge in [-0.05, 0) is 24.6 Å². The van der Waals surface area contributed by atoms with E-state index < -0.39 is 17.8 Å². The molecule has 0 saturated heterocycles. The maximum Gasteiger partial charge on any atom is 0.416 e. The van der Waals surface area contributed by atoms with E-state index >= 15 is 0 Å². The van der Waals surface area contributed by atoms with E-state index in [-0.39, 0.29) is 25.4 Å². The van der Waals surface area contributed by atoms with E-state index in [0.29, 0.717) is 5.56 Å². The molecule has 0 aliphatic rings. The highest BCUT2D eigenvalue weighted by atomic mass is 19.4. The van der Waals surface area contributed by atoms with E-state index in [4.69, 9.17) is 10.5 Å². The van der Waals surface area contributed by atoms with Gasteiger partial charge >= 0.3 is 12.3 Å². The van der Waals surface area contributed by atoms with Crippen molar-refractivity contribution in [3.8, 4) is 5.75 Å². The van der Waals surface area contributed by atoms with Gasteiger partial charge in [-0.25, -0.2) is 4.79 Å². The molecular weight excluding hydrogens is 263 g/mol. The number of ether oxygens (including phenoxy) is 2. The first-order valence-electron chi connectivity index (χ1n) is 5.59. The molecule has 4 nitrogen and oxygen atoms in total. The van der Waals surface area contributed by atoms with Gasteiger partial charge in [0.15, 0.2) is 0 Å². The second kappa shape index (κ2) is 6.31. The molecule has 1 amide bonds. The van der Waals surface area contributed by atoms with Gasteiger partial charge in [-0.15, -0.1) is 0 Å². The fourth-order valence-corrected chi connectivity index (χ4v) is 1.49. The van der Waals surface area contributed by atoms with E-state index in [1.54, 1.807) is 6.92 Å². The van der Waals surface area contributed by atoms with Crippen LogP contribution in [0, 0.1) is 0 Å². The van der Waals surface area contributed by atoms with Gasteiger partial charge in [-0.1, -0.05) is 6.07 Å². The lowest BCUT2D eigenvalue weighted by Gasteiger charge is -2.13. The van der Waals surface area contributed by atoms with Crippen molar-refractivity contribution in [1.29, 1.82) is 0 Å². The third-order valence-corrected chi connectivity index (χ3v) is 2.31. The molecule has 2 N–H and O–H groups in total. The molecule has 1 aromatic carbocycles. The summed E-state index contributed by atoms with van der Waals surface area (Å²) in [6, 6.07) is 3.20. The van der Waals surface area contributed by atoms with Crippen LogP contribution in [0.2, 0.25) is 0 Å². The minimum atomic E-state index is -4.42. The van der Waals surface area contributed by atoms with E-state index in [9.17, 15) is 18.0 Å². The van der Waals surface area contributed by atoms with Crippen molar-refractivity contribution in [2.45, 2.75) is 19.5 Å². The van der Waals surface area contributed by atoms with Crippen LogP contribution in [-0.4, -0.2) is 19.3 Å². The Kier molecular flexibility index (Phi) is 5.02. The molecule has 0 saturated carbocycles. The predicted molar refractivity (Wildman–Crippen MR) is 61.9 cm³/mol. The van der Waals surface area contributed by atoms with Gasteiger partial charge in [0.25, 0.3) is 0 Å².